The Kier molecular flexibility index (Phi) is 5.63. The van der Waals surface area contributed by atoms with Gasteiger partial charge in [-0.05, 0) is 29.7 Å². The van der Waals surface area contributed by atoms with Crippen LogP contribution in [0.5, 0.6) is 0 Å². The van der Waals surface area contributed by atoms with Crippen LogP contribution in [0, 0.1) is 5.92 Å². The van der Waals surface area contributed by atoms with Crippen LogP contribution in [0.3, 0.4) is 0 Å². The number of hydrogen-bond acceptors (Lipinski definition) is 5. The van der Waals surface area contributed by atoms with Gasteiger partial charge in [-0.25, -0.2) is 0 Å². The molecule has 2 heterocycles. The highest BCUT2D eigenvalue weighted by Crippen LogP contribution is 2.25. The fourth-order valence-electron chi connectivity index (χ4n) is 2.49. The highest BCUT2D eigenvalue weighted by atomic mass is 16.5. The molecule has 0 fully saturated rings. The number of benzene rings is 1. The van der Waals surface area contributed by atoms with Crippen molar-refractivity contribution in [1.82, 2.24) is 15.5 Å². The topological polar surface area (TPSA) is 81.2 Å². The van der Waals surface area contributed by atoms with Crippen LogP contribution in [0.2, 0.25) is 0 Å². The highest BCUT2D eigenvalue weighted by molar-refractivity contribution is 5.91. The van der Waals surface area contributed by atoms with Gasteiger partial charge < -0.3 is 14.3 Å². The van der Waals surface area contributed by atoms with Crippen molar-refractivity contribution in [3.05, 3.63) is 66.3 Å². The predicted octanol–water partition coefficient (Wildman–Crippen LogP) is 4.25. The van der Waals surface area contributed by atoms with E-state index in [9.17, 15) is 4.79 Å². The molecule has 3 rings (SSSR count). The van der Waals surface area contributed by atoms with Gasteiger partial charge in [0.1, 0.15) is 6.04 Å². The van der Waals surface area contributed by atoms with Gasteiger partial charge >= 0.3 is 0 Å². The van der Waals surface area contributed by atoms with Crippen LogP contribution in [-0.4, -0.2) is 16.0 Å². The minimum Gasteiger partial charge on any atom is -0.461 e. The summed E-state index contributed by atoms with van der Waals surface area (Å²) in [5.74, 6) is 1.18. The molecule has 0 unspecified atom stereocenters. The van der Waals surface area contributed by atoms with Gasteiger partial charge in [0, 0.05) is 6.08 Å². The van der Waals surface area contributed by atoms with E-state index in [0.717, 1.165) is 12.0 Å². The molecule has 0 radical (unpaired) electrons. The zero-order valence-corrected chi connectivity index (χ0v) is 14.8. The van der Waals surface area contributed by atoms with Crippen LogP contribution in [0.4, 0.5) is 0 Å². The summed E-state index contributed by atoms with van der Waals surface area (Å²) in [5.41, 5.74) is 0.959. The summed E-state index contributed by atoms with van der Waals surface area (Å²) in [5, 5.41) is 6.91. The maximum atomic E-state index is 12.3. The van der Waals surface area contributed by atoms with Gasteiger partial charge in [-0.1, -0.05) is 55.8 Å². The molecule has 0 aliphatic heterocycles. The van der Waals surface area contributed by atoms with E-state index in [0.29, 0.717) is 17.5 Å². The monoisotopic (exact) mass is 351 g/mol. The maximum Gasteiger partial charge on any atom is 0.249 e. The standard InChI is InChI=1S/C20H21N3O3/c1-3-14(2)18(20-22-19(23-26-20)16-10-7-13-25-16)21-17(24)12-11-15-8-5-4-6-9-15/h4-14,18H,3H2,1-2H3,(H,21,24)/b12-11+/t14-,18-/m0/s1. The van der Waals surface area contributed by atoms with Crippen molar-refractivity contribution >= 4 is 12.0 Å². The molecule has 0 saturated heterocycles. The Balaban J connectivity index is 1.74. The Bertz CT molecular complexity index is 854. The molecular formula is C20H21N3O3. The molecule has 26 heavy (non-hydrogen) atoms. The molecule has 2 aromatic heterocycles. The van der Waals surface area contributed by atoms with Crippen LogP contribution in [0.15, 0.2) is 63.7 Å². The number of aromatic nitrogens is 2. The second kappa shape index (κ2) is 8.29. The Morgan fingerprint density at radius 3 is 2.73 bits per heavy atom. The van der Waals surface area contributed by atoms with Gasteiger partial charge in [0.15, 0.2) is 5.76 Å². The zero-order chi connectivity index (χ0) is 18.4. The van der Waals surface area contributed by atoms with Gasteiger partial charge in [-0.15, -0.1) is 0 Å². The molecule has 0 spiro atoms. The van der Waals surface area contributed by atoms with Crippen molar-refractivity contribution in [3.8, 4) is 11.6 Å². The predicted molar refractivity (Wildman–Crippen MR) is 97.8 cm³/mol. The Morgan fingerprint density at radius 2 is 2.04 bits per heavy atom. The van der Waals surface area contributed by atoms with Crippen LogP contribution >= 0.6 is 0 Å². The minimum atomic E-state index is -0.371. The number of carbonyl (C=O) groups excluding carboxylic acids is 1. The summed E-state index contributed by atoms with van der Waals surface area (Å²) in [6.07, 6.45) is 5.68. The minimum absolute atomic E-state index is 0.133. The lowest BCUT2D eigenvalue weighted by molar-refractivity contribution is -0.117. The largest absolute Gasteiger partial charge is 0.461 e. The number of amides is 1. The average Bonchev–Trinajstić information content (AvgIpc) is 3.36. The van der Waals surface area contributed by atoms with E-state index in [4.69, 9.17) is 8.94 Å². The first kappa shape index (κ1) is 17.7. The molecular weight excluding hydrogens is 330 g/mol. The first-order valence-electron chi connectivity index (χ1n) is 8.58. The van der Waals surface area contributed by atoms with Crippen LogP contribution < -0.4 is 5.32 Å². The third-order valence-corrected chi connectivity index (χ3v) is 4.19. The normalized spacial score (nSPS) is 13.6. The van der Waals surface area contributed by atoms with Crippen molar-refractivity contribution in [3.63, 3.8) is 0 Å². The van der Waals surface area contributed by atoms with E-state index < -0.39 is 0 Å². The Morgan fingerprint density at radius 1 is 1.23 bits per heavy atom. The lowest BCUT2D eigenvalue weighted by Crippen LogP contribution is -2.31. The molecule has 0 aliphatic carbocycles. The maximum absolute atomic E-state index is 12.3. The average molecular weight is 351 g/mol. The smallest absolute Gasteiger partial charge is 0.249 e. The highest BCUT2D eigenvalue weighted by Gasteiger charge is 2.26. The zero-order valence-electron chi connectivity index (χ0n) is 14.8. The summed E-state index contributed by atoms with van der Waals surface area (Å²) in [7, 11) is 0. The van der Waals surface area contributed by atoms with Crippen molar-refractivity contribution in [2.75, 3.05) is 0 Å². The van der Waals surface area contributed by atoms with Gasteiger partial charge in [-0.2, -0.15) is 4.98 Å². The molecule has 2 atom stereocenters. The van der Waals surface area contributed by atoms with E-state index in [2.05, 4.69) is 15.5 Å². The summed E-state index contributed by atoms with van der Waals surface area (Å²) < 4.78 is 10.7. The number of carbonyl (C=O) groups is 1. The summed E-state index contributed by atoms with van der Waals surface area (Å²) in [6, 6.07) is 12.8. The summed E-state index contributed by atoms with van der Waals surface area (Å²) >= 11 is 0. The van der Waals surface area contributed by atoms with E-state index in [1.807, 2.05) is 44.2 Å². The first-order chi connectivity index (χ1) is 12.7. The second-order valence-electron chi connectivity index (χ2n) is 6.05. The molecule has 6 nitrogen and oxygen atoms in total. The Hall–Kier alpha value is -3.15. The molecule has 0 saturated carbocycles. The molecule has 0 aliphatic rings. The molecule has 6 heteroatoms. The van der Waals surface area contributed by atoms with Crippen molar-refractivity contribution in [2.24, 2.45) is 5.92 Å². The van der Waals surface area contributed by atoms with Crippen molar-refractivity contribution in [1.29, 1.82) is 0 Å². The fourth-order valence-corrected chi connectivity index (χ4v) is 2.49. The number of nitrogens with one attached hydrogen (secondary N) is 1. The van der Waals surface area contributed by atoms with E-state index in [1.165, 1.54) is 6.08 Å². The van der Waals surface area contributed by atoms with Gasteiger partial charge in [-0.3, -0.25) is 4.79 Å². The molecule has 3 aromatic rings. The van der Waals surface area contributed by atoms with Crippen molar-refractivity contribution < 1.29 is 13.7 Å². The summed E-state index contributed by atoms with van der Waals surface area (Å²) in [6.45, 7) is 4.08. The molecule has 0 bridgehead atoms. The number of furan rings is 1. The van der Waals surface area contributed by atoms with E-state index >= 15 is 0 Å². The van der Waals surface area contributed by atoms with Crippen LogP contribution in [0.25, 0.3) is 17.7 Å². The van der Waals surface area contributed by atoms with Gasteiger partial charge in [0.2, 0.25) is 17.6 Å². The SMILES string of the molecule is CC[C@H](C)[C@H](NC(=O)/C=C/c1ccccc1)c1nc(-c2ccco2)no1. The molecule has 1 aromatic carbocycles. The summed E-state index contributed by atoms with van der Waals surface area (Å²) in [4.78, 5) is 16.7. The lowest BCUT2D eigenvalue weighted by Gasteiger charge is -2.19. The fraction of sp³-hybridized carbons (Fsp3) is 0.250. The third kappa shape index (κ3) is 4.27. The molecule has 1 N–H and O–H groups in total. The van der Waals surface area contributed by atoms with E-state index in [1.54, 1.807) is 24.5 Å². The number of nitrogens with zero attached hydrogens (tertiary/aromatic N) is 2. The molecule has 134 valence electrons. The first-order valence-corrected chi connectivity index (χ1v) is 8.58. The van der Waals surface area contributed by atoms with Crippen LogP contribution in [0.1, 0.15) is 37.8 Å². The Labute approximate surface area is 151 Å². The number of hydrogen-bond donors (Lipinski definition) is 1. The van der Waals surface area contributed by atoms with Gasteiger partial charge in [0.25, 0.3) is 0 Å². The number of rotatable bonds is 7. The quantitative estimate of drug-likeness (QED) is 0.644. The molecule has 1 amide bonds. The second-order valence-corrected chi connectivity index (χ2v) is 6.05. The van der Waals surface area contributed by atoms with E-state index in [-0.39, 0.29) is 17.9 Å². The van der Waals surface area contributed by atoms with Crippen molar-refractivity contribution in [2.45, 2.75) is 26.3 Å². The third-order valence-electron chi connectivity index (χ3n) is 4.19. The van der Waals surface area contributed by atoms with Gasteiger partial charge in [0.05, 0.1) is 6.26 Å². The van der Waals surface area contributed by atoms with Crippen LogP contribution in [-0.2, 0) is 4.79 Å². The lowest BCUT2D eigenvalue weighted by atomic mass is 9.99.